The minimum Gasteiger partial charge on any atom is -0.475 e. The Balaban J connectivity index is 0.000000509. The van der Waals surface area contributed by atoms with Gasteiger partial charge in [0.1, 0.15) is 15.6 Å². The molecule has 0 atom stereocenters. The fourth-order valence-electron chi connectivity index (χ4n) is 2.35. The van der Waals surface area contributed by atoms with Gasteiger partial charge in [-0.3, -0.25) is 0 Å². The van der Waals surface area contributed by atoms with Crippen molar-refractivity contribution in [3.05, 3.63) is 36.2 Å². The maximum Gasteiger partial charge on any atom is 0.490 e. The number of halogens is 6. The number of aliphatic carboxylic acids is 1. The van der Waals surface area contributed by atoms with Gasteiger partial charge in [-0.1, -0.05) is 0 Å². The number of aromatic amines is 1. The molecule has 0 saturated heterocycles. The van der Waals surface area contributed by atoms with Crippen molar-refractivity contribution in [2.24, 2.45) is 0 Å². The van der Waals surface area contributed by atoms with E-state index in [9.17, 15) is 39.9 Å². The number of aliphatic hydroxyl groups is 1. The third-order valence-corrected chi connectivity index (χ3v) is 6.90. The van der Waals surface area contributed by atoms with Crippen molar-refractivity contribution < 1.29 is 49.8 Å². The first kappa shape index (κ1) is 27.6. The van der Waals surface area contributed by atoms with Crippen LogP contribution in [0.15, 0.2) is 34.7 Å². The highest BCUT2D eigenvalue weighted by Gasteiger charge is 2.38. The molecule has 0 aliphatic carbocycles. The Kier molecular flexibility index (Phi) is 7.71. The summed E-state index contributed by atoms with van der Waals surface area (Å²) in [6.45, 7) is 2.76. The van der Waals surface area contributed by atoms with Gasteiger partial charge in [-0.25, -0.2) is 22.9 Å². The molecule has 0 amide bonds. The van der Waals surface area contributed by atoms with Crippen LogP contribution in [0.1, 0.15) is 19.5 Å². The Hall–Kier alpha value is -2.69. The van der Waals surface area contributed by atoms with Crippen LogP contribution in [0, 0.1) is 0 Å². The van der Waals surface area contributed by atoms with Gasteiger partial charge in [0.15, 0.2) is 0 Å². The molecule has 3 aromatic rings. The molecule has 34 heavy (non-hydrogen) atoms. The van der Waals surface area contributed by atoms with E-state index in [1.165, 1.54) is 38.2 Å². The molecule has 8 nitrogen and oxygen atoms in total. The first-order valence-corrected chi connectivity index (χ1v) is 11.3. The smallest absolute Gasteiger partial charge is 0.475 e. The van der Waals surface area contributed by atoms with Gasteiger partial charge in [0.05, 0.1) is 5.60 Å². The predicted molar refractivity (Wildman–Crippen MR) is 110 cm³/mol. The molecule has 3 heterocycles. The van der Waals surface area contributed by atoms with E-state index in [0.717, 1.165) is 17.4 Å². The predicted octanol–water partition coefficient (Wildman–Crippen LogP) is 3.99. The topological polar surface area (TPSA) is 132 Å². The Labute approximate surface area is 192 Å². The number of fused-ring (bicyclic) bond motifs is 1. The number of hydrogen-bond acceptors (Lipinski definition) is 6. The lowest BCUT2D eigenvalue weighted by Gasteiger charge is -2.17. The van der Waals surface area contributed by atoms with Gasteiger partial charge in [-0.05, 0) is 38.1 Å². The van der Waals surface area contributed by atoms with E-state index in [1.807, 2.05) is 0 Å². The molecule has 0 aliphatic heterocycles. The number of carbonyl (C=O) groups is 1. The molecule has 3 rings (SSSR count). The molecule has 0 aliphatic rings. The second-order valence-corrected chi connectivity index (χ2v) is 10.4. The van der Waals surface area contributed by atoms with E-state index in [-0.39, 0.29) is 21.8 Å². The quantitative estimate of drug-likeness (QED) is 0.367. The Morgan fingerprint density at radius 2 is 1.74 bits per heavy atom. The van der Waals surface area contributed by atoms with E-state index >= 15 is 0 Å². The van der Waals surface area contributed by atoms with E-state index < -0.39 is 39.6 Å². The fraction of sp³-hybridized carbons (Fsp3) is 0.333. The first-order chi connectivity index (χ1) is 15.3. The molecule has 4 N–H and O–H groups in total. The number of carboxylic acids is 1. The number of thiophene rings is 1. The number of aromatic nitrogens is 2. The Morgan fingerprint density at radius 3 is 2.24 bits per heavy atom. The summed E-state index contributed by atoms with van der Waals surface area (Å²) in [4.78, 5) is 15.5. The molecule has 16 heteroatoms. The average Bonchev–Trinajstić information content (AvgIpc) is 3.33. The monoisotopic (exact) mass is 533 g/mol. The number of hydrogen-bond donors (Lipinski definition) is 4. The summed E-state index contributed by atoms with van der Waals surface area (Å²) < 4.78 is 97.5. The van der Waals surface area contributed by atoms with Gasteiger partial charge in [0, 0.05) is 28.6 Å². The minimum atomic E-state index is -5.08. The minimum absolute atomic E-state index is 0.00158. The first-order valence-electron chi connectivity index (χ1n) is 8.98. The van der Waals surface area contributed by atoms with Crippen LogP contribution in [0.5, 0.6) is 0 Å². The molecular formula is C18H17F6N3O5S2. The van der Waals surface area contributed by atoms with Crippen LogP contribution in [0.25, 0.3) is 21.5 Å². The van der Waals surface area contributed by atoms with Crippen molar-refractivity contribution >= 4 is 38.4 Å². The summed E-state index contributed by atoms with van der Waals surface area (Å²) in [7, 11) is -3.85. The summed E-state index contributed by atoms with van der Waals surface area (Å²) >= 11 is 0.920. The number of sulfonamides is 1. The van der Waals surface area contributed by atoms with Crippen molar-refractivity contribution in [3.8, 4) is 10.4 Å². The number of nitrogens with one attached hydrogen (secondary N) is 2. The number of alkyl halides is 6. The third-order valence-electron chi connectivity index (χ3n) is 3.89. The van der Waals surface area contributed by atoms with Crippen LogP contribution in [0.3, 0.4) is 0 Å². The van der Waals surface area contributed by atoms with Gasteiger partial charge in [0.2, 0.25) is 10.0 Å². The van der Waals surface area contributed by atoms with Crippen molar-refractivity contribution in [2.45, 2.75) is 36.0 Å². The molecule has 0 fully saturated rings. The molecule has 0 bridgehead atoms. The number of nitrogens with zero attached hydrogens (tertiary/aromatic N) is 1. The van der Waals surface area contributed by atoms with Crippen LogP contribution >= 0.6 is 11.3 Å². The molecule has 0 aromatic carbocycles. The zero-order valence-electron chi connectivity index (χ0n) is 17.2. The highest BCUT2D eigenvalue weighted by atomic mass is 32.2. The molecule has 0 spiro atoms. The van der Waals surface area contributed by atoms with E-state index in [4.69, 9.17) is 9.90 Å². The van der Waals surface area contributed by atoms with Crippen LogP contribution in [0.2, 0.25) is 0 Å². The summed E-state index contributed by atoms with van der Waals surface area (Å²) in [6, 6.07) is 5.38. The van der Waals surface area contributed by atoms with Crippen LogP contribution in [-0.4, -0.2) is 52.9 Å². The zero-order chi connectivity index (χ0) is 26.1. The van der Waals surface area contributed by atoms with Crippen molar-refractivity contribution in [2.75, 3.05) is 6.54 Å². The molecule has 188 valence electrons. The number of pyridine rings is 1. The Bertz CT molecular complexity index is 1270. The van der Waals surface area contributed by atoms with Gasteiger partial charge in [-0.15, -0.1) is 11.3 Å². The highest BCUT2D eigenvalue weighted by Crippen LogP contribution is 2.37. The van der Waals surface area contributed by atoms with Crippen LogP contribution in [-0.2, 0) is 21.0 Å². The SMILES string of the molecule is CC(C)(O)CNS(=O)(=O)c1ccc(-c2ccnc3[nH]c(C(F)(F)F)cc23)s1.O=C(O)C(F)(F)F. The summed E-state index contributed by atoms with van der Waals surface area (Å²) in [6.07, 6.45) is -8.27. The highest BCUT2D eigenvalue weighted by molar-refractivity contribution is 7.91. The zero-order valence-corrected chi connectivity index (χ0v) is 18.9. The molecular weight excluding hydrogens is 516 g/mol. The average molecular weight is 533 g/mol. The second-order valence-electron chi connectivity index (χ2n) is 7.36. The van der Waals surface area contributed by atoms with Crippen LogP contribution < -0.4 is 4.72 Å². The van der Waals surface area contributed by atoms with E-state index in [0.29, 0.717) is 10.4 Å². The third kappa shape index (κ3) is 7.15. The number of H-pyrrole nitrogens is 1. The lowest BCUT2D eigenvalue weighted by Crippen LogP contribution is -2.37. The normalized spacial score (nSPS) is 13.0. The summed E-state index contributed by atoms with van der Waals surface area (Å²) in [5.74, 6) is -2.76. The molecule has 3 aromatic heterocycles. The number of carboxylic acid groups (broad SMARTS) is 1. The lowest BCUT2D eigenvalue weighted by molar-refractivity contribution is -0.192. The van der Waals surface area contributed by atoms with Crippen molar-refractivity contribution in [1.82, 2.24) is 14.7 Å². The maximum absolute atomic E-state index is 12.9. The van der Waals surface area contributed by atoms with Crippen LogP contribution in [0.4, 0.5) is 26.3 Å². The Morgan fingerprint density at radius 1 is 1.15 bits per heavy atom. The fourth-order valence-corrected chi connectivity index (χ4v) is 4.94. The molecule has 0 saturated carbocycles. The van der Waals surface area contributed by atoms with Gasteiger partial charge >= 0.3 is 18.3 Å². The maximum atomic E-state index is 12.9. The van der Waals surface area contributed by atoms with E-state index in [1.54, 1.807) is 0 Å². The summed E-state index contributed by atoms with van der Waals surface area (Å²) in [5, 5.41) is 17.0. The molecule has 0 unspecified atom stereocenters. The van der Waals surface area contributed by atoms with Gasteiger partial charge in [0.25, 0.3) is 0 Å². The standard InChI is InChI=1S/C16H16F3N3O3S2.C2HF3O2/c1-15(2,23)8-21-27(24,25)13-4-3-11(26-13)9-5-6-20-14-10(9)7-12(22-14)16(17,18)19;3-2(4,5)1(6)7/h3-7,21,23H,8H2,1-2H3,(H,20,22);(H,6,7). The van der Waals surface area contributed by atoms with Crippen molar-refractivity contribution in [1.29, 1.82) is 0 Å². The second kappa shape index (κ2) is 9.52. The lowest BCUT2D eigenvalue weighted by atomic mass is 10.1. The van der Waals surface area contributed by atoms with Crippen molar-refractivity contribution in [3.63, 3.8) is 0 Å². The van der Waals surface area contributed by atoms with Gasteiger partial charge < -0.3 is 15.2 Å². The van der Waals surface area contributed by atoms with E-state index in [2.05, 4.69) is 14.7 Å². The van der Waals surface area contributed by atoms with Gasteiger partial charge in [-0.2, -0.15) is 26.3 Å². The number of rotatable bonds is 5. The molecule has 0 radical (unpaired) electrons. The summed E-state index contributed by atoms with van der Waals surface area (Å²) in [5.41, 5.74) is -1.63. The largest absolute Gasteiger partial charge is 0.490 e.